The van der Waals surface area contributed by atoms with E-state index in [2.05, 4.69) is 20.7 Å². The van der Waals surface area contributed by atoms with E-state index >= 15 is 0 Å². The maximum absolute atomic E-state index is 13.6. The van der Waals surface area contributed by atoms with Crippen LogP contribution in [-0.4, -0.2) is 57.7 Å². The molecule has 7 rings (SSSR count). The first-order valence-electron chi connectivity index (χ1n) is 13.8. The lowest BCUT2D eigenvalue weighted by Gasteiger charge is -2.19. The first-order valence-corrected chi connectivity index (χ1v) is 13.8. The van der Waals surface area contributed by atoms with Crippen LogP contribution in [0.1, 0.15) is 28.8 Å². The molecule has 3 aliphatic rings. The van der Waals surface area contributed by atoms with E-state index < -0.39 is 23.6 Å². The Morgan fingerprint density at radius 1 is 0.929 bits per heavy atom. The van der Waals surface area contributed by atoms with Crippen LogP contribution in [0.25, 0.3) is 17.1 Å². The molecule has 1 aliphatic carbocycles. The van der Waals surface area contributed by atoms with E-state index in [4.69, 9.17) is 9.47 Å². The number of nitrogens with zero attached hydrogens (tertiary/aromatic N) is 3. The van der Waals surface area contributed by atoms with Crippen LogP contribution >= 0.6 is 0 Å². The van der Waals surface area contributed by atoms with Crippen molar-refractivity contribution in [3.05, 3.63) is 102 Å². The minimum absolute atomic E-state index is 0.00909. The number of Topliss-reactive ketones (excluding diaryl/α,β-unsaturated/α-hetero) is 1. The number of pyridine rings is 1. The Bertz CT molecular complexity index is 1640. The van der Waals surface area contributed by atoms with E-state index in [-0.39, 0.29) is 23.8 Å². The molecule has 2 aromatic heterocycles. The lowest BCUT2D eigenvalue weighted by Crippen LogP contribution is -2.49. The number of rotatable bonds is 3. The number of carbonyl (C=O) groups is 3. The summed E-state index contributed by atoms with van der Waals surface area (Å²) in [6, 6.07) is 18.8. The number of aromatic nitrogens is 3. The van der Waals surface area contributed by atoms with Crippen molar-refractivity contribution in [1.82, 2.24) is 25.4 Å². The van der Waals surface area contributed by atoms with Gasteiger partial charge in [0.15, 0.2) is 5.82 Å². The third kappa shape index (κ3) is 6.38. The molecule has 2 aliphatic heterocycles. The Labute approximate surface area is 242 Å². The maximum Gasteiger partial charge on any atom is 0.289 e. The van der Waals surface area contributed by atoms with Crippen LogP contribution in [0.2, 0.25) is 0 Å². The first-order chi connectivity index (χ1) is 20.5. The summed E-state index contributed by atoms with van der Waals surface area (Å²) in [4.78, 5) is 44.0. The number of benzene rings is 2. The first kappa shape index (κ1) is 26.9. The number of nitrogens with one attached hydrogen (secondary N) is 2. The Hall–Kier alpha value is -5.25. The summed E-state index contributed by atoms with van der Waals surface area (Å²) < 4.78 is 13.2. The summed E-state index contributed by atoms with van der Waals surface area (Å²) in [5, 5.41) is 10.2. The molecule has 4 aromatic rings. The van der Waals surface area contributed by atoms with Gasteiger partial charge in [-0.3, -0.25) is 14.4 Å². The standard InChI is InChI=1S/C32H29N5O5/c38-29(32(40)34-23-10-11-23)28-19-21-8-12-24(13-9-21)41-17-1-2-18-42-25-6-3-5-22(20-25)27-14-16-37(36-27)30-26(31(39)35-28)7-4-15-33-30/h1-9,12-16,20,23,28H,10-11,17-19H2,(H,34,40)(H,35,39)/b2-1+/t28-/m0/s1. The van der Waals surface area contributed by atoms with E-state index in [1.54, 1.807) is 36.7 Å². The average molecular weight is 564 g/mol. The zero-order chi connectivity index (χ0) is 28.9. The van der Waals surface area contributed by atoms with Gasteiger partial charge in [0.05, 0.1) is 11.3 Å². The highest BCUT2D eigenvalue weighted by Gasteiger charge is 2.32. The molecule has 2 N–H and O–H groups in total. The van der Waals surface area contributed by atoms with Gasteiger partial charge in [-0.05, 0) is 73.0 Å². The Balaban J connectivity index is 1.34. The molecule has 10 nitrogen and oxygen atoms in total. The summed E-state index contributed by atoms with van der Waals surface area (Å²) >= 11 is 0. The molecule has 212 valence electrons. The lowest BCUT2D eigenvalue weighted by molar-refractivity contribution is -0.139. The van der Waals surface area contributed by atoms with Gasteiger partial charge in [0, 0.05) is 30.4 Å². The molecule has 4 heterocycles. The molecule has 2 aromatic carbocycles. The van der Waals surface area contributed by atoms with Crippen molar-refractivity contribution in [1.29, 1.82) is 0 Å². The van der Waals surface area contributed by atoms with Crippen molar-refractivity contribution in [2.75, 3.05) is 13.2 Å². The van der Waals surface area contributed by atoms with Crippen molar-refractivity contribution >= 4 is 17.6 Å². The zero-order valence-corrected chi connectivity index (χ0v) is 22.7. The van der Waals surface area contributed by atoms with Gasteiger partial charge < -0.3 is 20.1 Å². The third-order valence-electron chi connectivity index (χ3n) is 6.95. The molecule has 0 unspecified atom stereocenters. The van der Waals surface area contributed by atoms with Crippen LogP contribution in [0.4, 0.5) is 0 Å². The fourth-order valence-corrected chi connectivity index (χ4v) is 4.57. The van der Waals surface area contributed by atoms with Crippen LogP contribution in [0.15, 0.2) is 91.3 Å². The fraction of sp³-hybridized carbons (Fsp3) is 0.219. The van der Waals surface area contributed by atoms with E-state index in [1.165, 1.54) is 4.68 Å². The molecule has 10 heteroatoms. The SMILES string of the molecule is O=C(NC1CC1)C(=O)[C@@H]1Cc2ccc(cc2)OC/C=C/COc2cccc(c2)-c2ccn(n2)-c2ncccc2C(=O)N1. The molecule has 6 bridgehead atoms. The van der Waals surface area contributed by atoms with E-state index in [9.17, 15) is 14.4 Å². The van der Waals surface area contributed by atoms with Crippen LogP contribution < -0.4 is 20.1 Å². The van der Waals surface area contributed by atoms with Crippen molar-refractivity contribution in [3.63, 3.8) is 0 Å². The monoisotopic (exact) mass is 563 g/mol. The van der Waals surface area contributed by atoms with Crippen molar-refractivity contribution in [2.45, 2.75) is 31.3 Å². The normalized spacial score (nSPS) is 17.7. The van der Waals surface area contributed by atoms with Crippen molar-refractivity contribution < 1.29 is 23.9 Å². The van der Waals surface area contributed by atoms with E-state index in [0.29, 0.717) is 30.4 Å². The summed E-state index contributed by atoms with van der Waals surface area (Å²) in [7, 11) is 0. The van der Waals surface area contributed by atoms with Crippen LogP contribution in [0.5, 0.6) is 11.5 Å². The predicted molar refractivity (Wildman–Crippen MR) is 154 cm³/mol. The van der Waals surface area contributed by atoms with Crippen molar-refractivity contribution in [3.8, 4) is 28.6 Å². The highest BCUT2D eigenvalue weighted by Crippen LogP contribution is 2.24. The molecule has 1 fully saturated rings. The summed E-state index contributed by atoms with van der Waals surface area (Å²) in [6.07, 6.45) is 8.85. The summed E-state index contributed by atoms with van der Waals surface area (Å²) in [5.41, 5.74) is 2.47. The zero-order valence-electron chi connectivity index (χ0n) is 22.7. The smallest absolute Gasteiger partial charge is 0.289 e. The molecule has 0 spiro atoms. The van der Waals surface area contributed by atoms with E-state index in [0.717, 1.165) is 24.0 Å². The van der Waals surface area contributed by atoms with Crippen molar-refractivity contribution in [2.24, 2.45) is 0 Å². The van der Waals surface area contributed by atoms with Gasteiger partial charge in [0.2, 0.25) is 5.78 Å². The van der Waals surface area contributed by atoms with Gasteiger partial charge in [-0.15, -0.1) is 0 Å². The number of hydrogen-bond donors (Lipinski definition) is 2. The highest BCUT2D eigenvalue weighted by atomic mass is 16.5. The Morgan fingerprint density at radius 2 is 1.71 bits per heavy atom. The number of hydrogen-bond acceptors (Lipinski definition) is 7. The topological polar surface area (TPSA) is 124 Å². The van der Waals surface area contributed by atoms with Gasteiger partial charge >= 0.3 is 0 Å². The molecule has 42 heavy (non-hydrogen) atoms. The number of ketones is 1. The van der Waals surface area contributed by atoms with Crippen LogP contribution in [0.3, 0.4) is 0 Å². The Morgan fingerprint density at radius 3 is 2.50 bits per heavy atom. The van der Waals surface area contributed by atoms with Gasteiger partial charge in [-0.25, -0.2) is 9.67 Å². The predicted octanol–water partition coefficient (Wildman–Crippen LogP) is 3.45. The number of ether oxygens (including phenoxy) is 2. The highest BCUT2D eigenvalue weighted by molar-refractivity contribution is 6.38. The number of fused-ring (bicyclic) bond motifs is 9. The number of amides is 2. The van der Waals surface area contributed by atoms with Crippen LogP contribution in [0, 0.1) is 0 Å². The molecule has 2 amide bonds. The molecule has 0 saturated heterocycles. The summed E-state index contributed by atoms with van der Waals surface area (Å²) in [6.45, 7) is 0.725. The maximum atomic E-state index is 13.6. The fourth-order valence-electron chi connectivity index (χ4n) is 4.57. The second-order valence-corrected chi connectivity index (χ2v) is 10.1. The largest absolute Gasteiger partial charge is 0.490 e. The number of carbonyl (C=O) groups excluding carboxylic acids is 3. The van der Waals surface area contributed by atoms with Crippen LogP contribution in [-0.2, 0) is 16.0 Å². The van der Waals surface area contributed by atoms with Gasteiger partial charge in [-0.1, -0.05) is 24.3 Å². The van der Waals surface area contributed by atoms with Gasteiger partial charge in [0.25, 0.3) is 11.8 Å². The second-order valence-electron chi connectivity index (χ2n) is 10.1. The van der Waals surface area contributed by atoms with Gasteiger partial charge in [-0.2, -0.15) is 5.10 Å². The lowest BCUT2D eigenvalue weighted by atomic mass is 10.0. The minimum atomic E-state index is -1.09. The van der Waals surface area contributed by atoms with Gasteiger partial charge in [0.1, 0.15) is 30.8 Å². The third-order valence-corrected chi connectivity index (χ3v) is 6.95. The average Bonchev–Trinajstić information content (AvgIpc) is 3.69. The minimum Gasteiger partial charge on any atom is -0.490 e. The Kier molecular flexibility index (Phi) is 7.76. The molecular weight excluding hydrogens is 534 g/mol. The van der Waals surface area contributed by atoms with E-state index in [1.807, 2.05) is 54.6 Å². The molecule has 0 radical (unpaired) electrons. The quantitative estimate of drug-likeness (QED) is 0.289. The molecular formula is C32H29N5O5. The molecule has 1 atom stereocenters. The molecule has 1 saturated carbocycles. The second kappa shape index (κ2) is 12.1. The summed E-state index contributed by atoms with van der Waals surface area (Å²) in [5.74, 6) is -0.331.